The summed E-state index contributed by atoms with van der Waals surface area (Å²) in [6, 6.07) is 0. The highest BCUT2D eigenvalue weighted by molar-refractivity contribution is 5.75. The molecule has 0 spiro atoms. The Kier molecular flexibility index (Phi) is 2.91. The monoisotopic (exact) mass is 222 g/mol. The van der Waals surface area contributed by atoms with Crippen molar-refractivity contribution in [3.8, 4) is 0 Å². The van der Waals surface area contributed by atoms with Gasteiger partial charge in [0.2, 0.25) is 0 Å². The maximum absolute atomic E-state index is 11.9. The van der Waals surface area contributed by atoms with Crippen molar-refractivity contribution in [2.24, 2.45) is 17.8 Å². The molecule has 1 aliphatic heterocycles. The highest BCUT2D eigenvalue weighted by Gasteiger charge is 2.43. The van der Waals surface area contributed by atoms with Crippen molar-refractivity contribution >= 4 is 5.97 Å². The molecular formula is C14H22O2. The molecule has 2 heteroatoms. The minimum absolute atomic E-state index is 0.129. The molecule has 3 aliphatic rings. The van der Waals surface area contributed by atoms with Gasteiger partial charge in [0.05, 0.1) is 5.92 Å². The number of esters is 1. The Bertz CT molecular complexity index is 262. The maximum atomic E-state index is 11.9. The zero-order chi connectivity index (χ0) is 11.0. The fraction of sp³-hybridized carbons (Fsp3) is 0.929. The van der Waals surface area contributed by atoms with Crippen LogP contribution in [-0.4, -0.2) is 12.1 Å². The zero-order valence-corrected chi connectivity index (χ0v) is 9.99. The van der Waals surface area contributed by atoms with Crippen LogP contribution < -0.4 is 0 Å². The van der Waals surface area contributed by atoms with Gasteiger partial charge in [-0.1, -0.05) is 25.7 Å². The lowest BCUT2D eigenvalue weighted by atomic mass is 9.85. The lowest BCUT2D eigenvalue weighted by molar-refractivity contribution is -0.147. The average molecular weight is 222 g/mol. The van der Waals surface area contributed by atoms with Gasteiger partial charge >= 0.3 is 5.97 Å². The minimum atomic E-state index is 0.129. The third-order valence-corrected chi connectivity index (χ3v) is 4.95. The Morgan fingerprint density at radius 2 is 1.44 bits per heavy atom. The van der Waals surface area contributed by atoms with Crippen molar-refractivity contribution in [3.05, 3.63) is 0 Å². The van der Waals surface area contributed by atoms with E-state index in [0.29, 0.717) is 11.8 Å². The molecule has 1 heterocycles. The number of ether oxygens (including phenoxy) is 1. The van der Waals surface area contributed by atoms with E-state index in [4.69, 9.17) is 4.74 Å². The molecular weight excluding hydrogens is 200 g/mol. The number of cyclic esters (lactones) is 1. The SMILES string of the molecule is O=C1OC(C2CCCC2)CC1C1CCCC1. The number of hydrogen-bond donors (Lipinski definition) is 0. The lowest BCUT2D eigenvalue weighted by Crippen LogP contribution is -2.17. The summed E-state index contributed by atoms with van der Waals surface area (Å²) in [7, 11) is 0. The molecule has 0 radical (unpaired) electrons. The van der Waals surface area contributed by atoms with E-state index in [0.717, 1.165) is 6.42 Å². The second kappa shape index (κ2) is 4.38. The van der Waals surface area contributed by atoms with Crippen LogP contribution >= 0.6 is 0 Å². The minimum Gasteiger partial charge on any atom is -0.462 e. The number of hydrogen-bond acceptors (Lipinski definition) is 2. The van der Waals surface area contributed by atoms with Gasteiger partial charge in [-0.05, 0) is 43.9 Å². The van der Waals surface area contributed by atoms with Crippen LogP contribution in [0, 0.1) is 17.8 Å². The number of carbonyl (C=O) groups is 1. The fourth-order valence-electron chi connectivity index (χ4n) is 3.99. The molecule has 0 N–H and O–H groups in total. The van der Waals surface area contributed by atoms with Crippen molar-refractivity contribution in [1.29, 1.82) is 0 Å². The second-order valence-electron chi connectivity index (χ2n) is 5.91. The van der Waals surface area contributed by atoms with Gasteiger partial charge in [0, 0.05) is 0 Å². The molecule has 90 valence electrons. The van der Waals surface area contributed by atoms with Crippen molar-refractivity contribution < 1.29 is 9.53 Å². The third kappa shape index (κ3) is 1.87. The first-order valence-electron chi connectivity index (χ1n) is 7.05. The van der Waals surface area contributed by atoms with Crippen molar-refractivity contribution in [2.75, 3.05) is 0 Å². The summed E-state index contributed by atoms with van der Waals surface area (Å²) >= 11 is 0. The number of rotatable bonds is 2. The third-order valence-electron chi connectivity index (χ3n) is 4.95. The first-order valence-corrected chi connectivity index (χ1v) is 7.05. The van der Waals surface area contributed by atoms with Crippen LogP contribution in [0.25, 0.3) is 0 Å². The van der Waals surface area contributed by atoms with Gasteiger partial charge in [0.15, 0.2) is 0 Å². The van der Waals surface area contributed by atoms with Crippen molar-refractivity contribution in [3.63, 3.8) is 0 Å². The van der Waals surface area contributed by atoms with E-state index < -0.39 is 0 Å². The molecule has 2 unspecified atom stereocenters. The van der Waals surface area contributed by atoms with E-state index in [-0.39, 0.29) is 18.0 Å². The first kappa shape index (κ1) is 10.6. The summed E-state index contributed by atoms with van der Waals surface area (Å²) < 4.78 is 5.63. The standard InChI is InChI=1S/C14H22O2/c15-14-12(10-5-1-2-6-10)9-13(16-14)11-7-3-4-8-11/h10-13H,1-9H2. The van der Waals surface area contributed by atoms with Gasteiger partial charge in [-0.3, -0.25) is 4.79 Å². The molecule has 0 amide bonds. The average Bonchev–Trinajstić information content (AvgIpc) is 2.97. The van der Waals surface area contributed by atoms with E-state index in [9.17, 15) is 4.79 Å². The van der Waals surface area contributed by atoms with E-state index in [1.54, 1.807) is 0 Å². The highest BCUT2D eigenvalue weighted by atomic mass is 16.6. The molecule has 0 aromatic rings. The summed E-state index contributed by atoms with van der Waals surface area (Å²) in [6.45, 7) is 0. The predicted molar refractivity (Wildman–Crippen MR) is 61.9 cm³/mol. The van der Waals surface area contributed by atoms with Crippen molar-refractivity contribution in [2.45, 2.75) is 63.9 Å². The maximum Gasteiger partial charge on any atom is 0.309 e. The van der Waals surface area contributed by atoms with Gasteiger partial charge in [0.1, 0.15) is 6.10 Å². The molecule has 2 aliphatic carbocycles. The topological polar surface area (TPSA) is 26.3 Å². The van der Waals surface area contributed by atoms with E-state index in [2.05, 4.69) is 0 Å². The predicted octanol–water partition coefficient (Wildman–Crippen LogP) is 3.30. The van der Waals surface area contributed by atoms with Crippen LogP contribution in [0.5, 0.6) is 0 Å². The normalized spacial score (nSPS) is 37.1. The molecule has 2 atom stereocenters. The van der Waals surface area contributed by atoms with Crippen LogP contribution in [0.15, 0.2) is 0 Å². The fourth-order valence-corrected chi connectivity index (χ4v) is 3.99. The Morgan fingerprint density at radius 3 is 2.06 bits per heavy atom. The van der Waals surface area contributed by atoms with E-state index in [1.807, 2.05) is 0 Å². The molecule has 3 rings (SSSR count). The molecule has 0 bridgehead atoms. The number of carbonyl (C=O) groups excluding carboxylic acids is 1. The van der Waals surface area contributed by atoms with Gasteiger partial charge in [-0.25, -0.2) is 0 Å². The van der Waals surface area contributed by atoms with Crippen LogP contribution in [0.1, 0.15) is 57.8 Å². The summed E-state index contributed by atoms with van der Waals surface area (Å²) in [4.78, 5) is 11.9. The smallest absolute Gasteiger partial charge is 0.309 e. The highest BCUT2D eigenvalue weighted by Crippen LogP contribution is 2.42. The molecule has 2 saturated carbocycles. The summed E-state index contributed by atoms with van der Waals surface area (Å²) in [5.74, 6) is 1.73. The van der Waals surface area contributed by atoms with Gasteiger partial charge in [-0.2, -0.15) is 0 Å². The summed E-state index contributed by atoms with van der Waals surface area (Å²) in [6.07, 6.45) is 11.7. The molecule has 1 saturated heterocycles. The van der Waals surface area contributed by atoms with E-state index in [1.165, 1.54) is 51.4 Å². The molecule has 16 heavy (non-hydrogen) atoms. The van der Waals surface area contributed by atoms with Crippen LogP contribution in [-0.2, 0) is 9.53 Å². The Morgan fingerprint density at radius 1 is 0.875 bits per heavy atom. The largest absolute Gasteiger partial charge is 0.462 e. The quantitative estimate of drug-likeness (QED) is 0.670. The Labute approximate surface area is 97.7 Å². The van der Waals surface area contributed by atoms with E-state index >= 15 is 0 Å². The molecule has 0 aromatic carbocycles. The van der Waals surface area contributed by atoms with Gasteiger partial charge in [0.25, 0.3) is 0 Å². The van der Waals surface area contributed by atoms with Gasteiger partial charge < -0.3 is 4.74 Å². The molecule has 2 nitrogen and oxygen atoms in total. The first-order chi connectivity index (χ1) is 7.84. The van der Waals surface area contributed by atoms with Crippen LogP contribution in [0.2, 0.25) is 0 Å². The Balaban J connectivity index is 1.62. The summed E-state index contributed by atoms with van der Waals surface area (Å²) in [5, 5.41) is 0. The molecule has 0 aromatic heterocycles. The van der Waals surface area contributed by atoms with Gasteiger partial charge in [-0.15, -0.1) is 0 Å². The second-order valence-corrected chi connectivity index (χ2v) is 5.91. The van der Waals surface area contributed by atoms with Crippen LogP contribution in [0.4, 0.5) is 0 Å². The lowest BCUT2D eigenvalue weighted by Gasteiger charge is -2.16. The summed E-state index contributed by atoms with van der Waals surface area (Å²) in [5.41, 5.74) is 0. The molecule has 3 fully saturated rings. The van der Waals surface area contributed by atoms with Crippen LogP contribution in [0.3, 0.4) is 0 Å². The zero-order valence-electron chi connectivity index (χ0n) is 9.99. The Hall–Kier alpha value is -0.530. The van der Waals surface area contributed by atoms with Crippen molar-refractivity contribution in [1.82, 2.24) is 0 Å².